The van der Waals surface area contributed by atoms with Crippen molar-refractivity contribution >= 4 is 29.5 Å². The van der Waals surface area contributed by atoms with Gasteiger partial charge in [0.15, 0.2) is 0 Å². The van der Waals surface area contributed by atoms with Crippen LogP contribution in [0.5, 0.6) is 0 Å². The van der Waals surface area contributed by atoms with Crippen molar-refractivity contribution in [3.05, 3.63) is 12.7 Å². The molecule has 0 spiro atoms. The summed E-state index contributed by atoms with van der Waals surface area (Å²) in [6, 6.07) is -0.913. The maximum Gasteiger partial charge on any atom is 0.328 e. The van der Waals surface area contributed by atoms with Crippen molar-refractivity contribution in [2.24, 2.45) is 0 Å². The van der Waals surface area contributed by atoms with E-state index in [1.807, 2.05) is 0 Å². The van der Waals surface area contributed by atoms with Gasteiger partial charge in [-0.25, -0.2) is 4.79 Å². The molecule has 3 amide bonds. The van der Waals surface area contributed by atoms with Crippen molar-refractivity contribution in [3.63, 3.8) is 0 Å². The van der Waals surface area contributed by atoms with E-state index in [9.17, 15) is 24.0 Å². The average Bonchev–Trinajstić information content (AvgIpc) is 2.62. The third kappa shape index (κ3) is 19.8. The van der Waals surface area contributed by atoms with Gasteiger partial charge in [-0.05, 0) is 39.7 Å². The highest BCUT2D eigenvalue weighted by atomic mass is 16.5. The topological polar surface area (TPSA) is 131 Å². The molecule has 0 saturated carbocycles. The van der Waals surface area contributed by atoms with Crippen molar-refractivity contribution < 1.29 is 28.7 Å². The molecule has 0 radical (unpaired) electrons. The molecule has 0 aromatic heterocycles. The van der Waals surface area contributed by atoms with Crippen LogP contribution in [0.3, 0.4) is 0 Å². The van der Waals surface area contributed by atoms with Gasteiger partial charge in [-0.2, -0.15) is 0 Å². The number of esters is 1. The van der Waals surface area contributed by atoms with Gasteiger partial charge in [0.05, 0.1) is 12.6 Å². The Bertz CT molecular complexity index is 560. The number of hydrogen-bond acceptors (Lipinski definition) is 6. The maximum atomic E-state index is 11.8. The van der Waals surface area contributed by atoms with Gasteiger partial charge < -0.3 is 25.5 Å². The molecule has 1 unspecified atom stereocenters. The van der Waals surface area contributed by atoms with E-state index in [2.05, 4.69) is 29.5 Å². The molecule has 29 heavy (non-hydrogen) atoms. The summed E-state index contributed by atoms with van der Waals surface area (Å²) in [5.74, 6) is -1.66. The van der Waals surface area contributed by atoms with Crippen LogP contribution in [0.15, 0.2) is 12.7 Å². The van der Waals surface area contributed by atoms with Crippen molar-refractivity contribution in [2.45, 2.75) is 72.4 Å². The van der Waals surface area contributed by atoms with E-state index >= 15 is 0 Å². The summed E-state index contributed by atoms with van der Waals surface area (Å²) in [4.78, 5) is 55.7. The minimum atomic E-state index is -0.913. The van der Waals surface area contributed by atoms with Crippen LogP contribution < -0.4 is 16.0 Å². The Balaban J connectivity index is 0. The molecular formula is C20H35N3O6. The van der Waals surface area contributed by atoms with E-state index < -0.39 is 23.8 Å². The SMILES string of the molecule is C=CC(=O)NCC(=O)NC(CCC(C)=O)C(=O)OC(C)C.CCCCNC(C)=O. The smallest absolute Gasteiger partial charge is 0.328 e. The Hall–Kier alpha value is -2.71. The quantitative estimate of drug-likeness (QED) is 0.249. The second-order valence-corrected chi connectivity index (χ2v) is 6.60. The van der Waals surface area contributed by atoms with Crippen LogP contribution in [0.2, 0.25) is 0 Å². The maximum absolute atomic E-state index is 11.8. The number of Topliss-reactive ketones (excluding diaryl/α,β-unsaturated/α-hetero) is 1. The molecule has 9 heteroatoms. The normalized spacial score (nSPS) is 10.7. The lowest BCUT2D eigenvalue weighted by atomic mass is 10.1. The van der Waals surface area contributed by atoms with E-state index in [1.165, 1.54) is 13.8 Å². The third-order valence-electron chi connectivity index (χ3n) is 3.27. The average molecular weight is 414 g/mol. The zero-order valence-corrected chi connectivity index (χ0v) is 18.1. The molecule has 0 saturated heterocycles. The number of amides is 3. The van der Waals surface area contributed by atoms with Crippen LogP contribution in [-0.2, 0) is 28.7 Å². The first kappa shape index (κ1) is 28.5. The number of unbranched alkanes of at least 4 members (excludes halogenated alkanes) is 1. The van der Waals surface area contributed by atoms with Gasteiger partial charge in [0.1, 0.15) is 11.8 Å². The third-order valence-corrected chi connectivity index (χ3v) is 3.27. The van der Waals surface area contributed by atoms with Gasteiger partial charge >= 0.3 is 5.97 Å². The molecule has 166 valence electrons. The molecule has 0 heterocycles. The summed E-state index contributed by atoms with van der Waals surface area (Å²) in [7, 11) is 0. The summed E-state index contributed by atoms with van der Waals surface area (Å²) < 4.78 is 5.02. The Labute approximate surface area is 173 Å². The van der Waals surface area contributed by atoms with Crippen LogP contribution in [-0.4, -0.2) is 54.7 Å². The lowest BCUT2D eigenvalue weighted by Crippen LogP contribution is -2.46. The highest BCUT2D eigenvalue weighted by Crippen LogP contribution is 2.03. The number of rotatable bonds is 12. The predicted molar refractivity (Wildman–Crippen MR) is 110 cm³/mol. The van der Waals surface area contributed by atoms with Crippen molar-refractivity contribution in [1.29, 1.82) is 0 Å². The van der Waals surface area contributed by atoms with Gasteiger partial charge in [0.2, 0.25) is 17.7 Å². The minimum absolute atomic E-state index is 0.0680. The van der Waals surface area contributed by atoms with E-state index in [1.54, 1.807) is 13.8 Å². The minimum Gasteiger partial charge on any atom is -0.461 e. The lowest BCUT2D eigenvalue weighted by molar-refractivity contribution is -0.151. The van der Waals surface area contributed by atoms with E-state index in [4.69, 9.17) is 4.74 Å². The zero-order valence-electron chi connectivity index (χ0n) is 18.1. The molecule has 1 atom stereocenters. The van der Waals surface area contributed by atoms with Crippen molar-refractivity contribution in [3.8, 4) is 0 Å². The zero-order chi connectivity index (χ0) is 22.8. The Morgan fingerprint density at radius 3 is 2.14 bits per heavy atom. The second-order valence-electron chi connectivity index (χ2n) is 6.60. The van der Waals surface area contributed by atoms with Crippen LogP contribution in [0.25, 0.3) is 0 Å². The molecule has 0 aliphatic rings. The second kappa shape index (κ2) is 17.4. The monoisotopic (exact) mass is 413 g/mol. The highest BCUT2D eigenvalue weighted by Gasteiger charge is 2.23. The van der Waals surface area contributed by atoms with Crippen LogP contribution in [0.1, 0.15) is 60.3 Å². The first-order valence-corrected chi connectivity index (χ1v) is 9.67. The summed E-state index contributed by atoms with van der Waals surface area (Å²) in [5.41, 5.74) is 0. The Kier molecular flexibility index (Phi) is 17.1. The molecule has 0 fully saturated rings. The largest absolute Gasteiger partial charge is 0.461 e. The number of ketones is 1. The predicted octanol–water partition coefficient (Wildman–Crippen LogP) is 1.02. The fourth-order valence-corrected chi connectivity index (χ4v) is 1.84. The van der Waals surface area contributed by atoms with Crippen LogP contribution in [0.4, 0.5) is 0 Å². The standard InChI is InChI=1S/C14H22N2O5.C6H13NO/c1-5-12(18)15-8-13(19)16-11(7-6-10(4)17)14(20)21-9(2)3;1-3-4-5-7-6(2)8/h5,9,11H,1,6-8H2,2-4H3,(H,15,18)(H,16,19);3-5H2,1-2H3,(H,7,8). The first-order valence-electron chi connectivity index (χ1n) is 9.67. The van der Waals surface area contributed by atoms with Gasteiger partial charge in [0, 0.05) is 19.9 Å². The number of carbonyl (C=O) groups is 5. The summed E-state index contributed by atoms with van der Waals surface area (Å²) in [6.45, 7) is 12.2. The van der Waals surface area contributed by atoms with Crippen molar-refractivity contribution in [2.75, 3.05) is 13.1 Å². The number of nitrogens with one attached hydrogen (secondary N) is 3. The number of ether oxygens (including phenoxy) is 1. The van der Waals surface area contributed by atoms with Crippen LogP contribution >= 0.6 is 0 Å². The molecular weight excluding hydrogens is 378 g/mol. The number of carbonyl (C=O) groups excluding carboxylic acids is 5. The summed E-state index contributed by atoms with van der Waals surface area (Å²) in [5, 5.41) is 7.44. The molecule has 9 nitrogen and oxygen atoms in total. The Morgan fingerprint density at radius 1 is 1.07 bits per heavy atom. The van der Waals surface area contributed by atoms with Crippen molar-refractivity contribution in [1.82, 2.24) is 16.0 Å². The van der Waals surface area contributed by atoms with Gasteiger partial charge in [0.25, 0.3) is 0 Å². The highest BCUT2D eigenvalue weighted by molar-refractivity contribution is 5.92. The first-order chi connectivity index (χ1) is 13.5. The fourth-order valence-electron chi connectivity index (χ4n) is 1.84. The van der Waals surface area contributed by atoms with E-state index in [0.717, 1.165) is 25.5 Å². The molecule has 0 aromatic carbocycles. The molecule has 3 N–H and O–H groups in total. The molecule has 0 rings (SSSR count). The van der Waals surface area contributed by atoms with Gasteiger partial charge in [-0.1, -0.05) is 19.9 Å². The van der Waals surface area contributed by atoms with Gasteiger partial charge in [-0.3, -0.25) is 14.4 Å². The molecule has 0 bridgehead atoms. The van der Waals surface area contributed by atoms with E-state index in [-0.39, 0.29) is 37.2 Å². The summed E-state index contributed by atoms with van der Waals surface area (Å²) in [6.07, 6.45) is 3.24. The lowest BCUT2D eigenvalue weighted by Gasteiger charge is -2.18. The molecule has 0 aliphatic carbocycles. The molecule has 0 aromatic rings. The summed E-state index contributed by atoms with van der Waals surface area (Å²) >= 11 is 0. The molecule has 0 aliphatic heterocycles. The van der Waals surface area contributed by atoms with E-state index in [0.29, 0.717) is 0 Å². The number of hydrogen-bond donors (Lipinski definition) is 3. The Morgan fingerprint density at radius 2 is 1.69 bits per heavy atom. The van der Waals surface area contributed by atoms with Crippen LogP contribution in [0, 0.1) is 0 Å². The van der Waals surface area contributed by atoms with Gasteiger partial charge in [-0.15, -0.1) is 0 Å². The fraction of sp³-hybridized carbons (Fsp3) is 0.650.